The maximum Gasteiger partial charge on any atom is 0.416 e. The molecule has 1 nitrogen and oxygen atoms in total. The van der Waals surface area contributed by atoms with E-state index in [1.54, 1.807) is 12.1 Å². The zero-order valence-corrected chi connectivity index (χ0v) is 10.9. The summed E-state index contributed by atoms with van der Waals surface area (Å²) in [5, 5.41) is 3.28. The molecule has 0 aromatic heterocycles. The normalized spacial score (nSPS) is 31.1. The van der Waals surface area contributed by atoms with Crippen LogP contribution in [0.5, 0.6) is 0 Å². The molecule has 2 aliphatic rings. The van der Waals surface area contributed by atoms with Gasteiger partial charge >= 0.3 is 6.18 Å². The first kappa shape index (κ1) is 13.0. The van der Waals surface area contributed by atoms with Gasteiger partial charge in [0, 0.05) is 6.04 Å². The highest BCUT2D eigenvalue weighted by atomic mass is 19.4. The van der Waals surface area contributed by atoms with Crippen LogP contribution in [0.4, 0.5) is 13.2 Å². The Labute approximate surface area is 111 Å². The molecule has 3 atom stereocenters. The number of alkyl halides is 3. The topological polar surface area (TPSA) is 12.0 Å². The third-order valence-corrected chi connectivity index (χ3v) is 4.66. The third kappa shape index (κ3) is 2.50. The summed E-state index contributed by atoms with van der Waals surface area (Å²) in [6.07, 6.45) is -0.447. The van der Waals surface area contributed by atoms with Gasteiger partial charge in [0.1, 0.15) is 0 Å². The van der Waals surface area contributed by atoms with Crippen molar-refractivity contribution in [3.63, 3.8) is 0 Å². The van der Waals surface area contributed by atoms with E-state index in [2.05, 4.69) is 5.32 Å². The van der Waals surface area contributed by atoms with Crippen LogP contribution in [0, 0.1) is 17.8 Å². The molecule has 19 heavy (non-hydrogen) atoms. The first-order valence-corrected chi connectivity index (χ1v) is 6.83. The minimum absolute atomic E-state index is 0.190. The van der Waals surface area contributed by atoms with Crippen molar-refractivity contribution in [2.24, 2.45) is 17.8 Å². The van der Waals surface area contributed by atoms with Crippen molar-refractivity contribution in [2.45, 2.75) is 31.5 Å². The number of fused-ring (bicyclic) bond motifs is 1. The highest BCUT2D eigenvalue weighted by Gasteiger charge is 2.47. The molecule has 0 heterocycles. The van der Waals surface area contributed by atoms with Gasteiger partial charge < -0.3 is 5.32 Å². The minimum Gasteiger partial charge on any atom is -0.313 e. The number of benzene rings is 1. The number of rotatable bonds is 3. The van der Waals surface area contributed by atoms with Gasteiger partial charge in [-0.1, -0.05) is 12.1 Å². The molecule has 1 aromatic rings. The Morgan fingerprint density at radius 1 is 1.05 bits per heavy atom. The second-order valence-corrected chi connectivity index (χ2v) is 5.87. The Morgan fingerprint density at radius 2 is 1.63 bits per heavy atom. The van der Waals surface area contributed by atoms with E-state index in [0.717, 1.165) is 17.4 Å². The van der Waals surface area contributed by atoms with Crippen molar-refractivity contribution in [2.75, 3.05) is 7.05 Å². The summed E-state index contributed by atoms with van der Waals surface area (Å²) >= 11 is 0. The molecule has 3 unspecified atom stereocenters. The van der Waals surface area contributed by atoms with Crippen molar-refractivity contribution in [1.82, 2.24) is 5.32 Å². The molecule has 0 spiro atoms. The summed E-state index contributed by atoms with van der Waals surface area (Å²) in [5.41, 5.74) is 0.405. The van der Waals surface area contributed by atoms with Gasteiger partial charge in [-0.05, 0) is 61.8 Å². The highest BCUT2D eigenvalue weighted by Crippen LogP contribution is 2.57. The molecule has 3 rings (SSSR count). The molecule has 2 fully saturated rings. The Bertz CT molecular complexity index is 441. The van der Waals surface area contributed by atoms with E-state index in [-0.39, 0.29) is 6.04 Å². The van der Waals surface area contributed by atoms with Gasteiger partial charge in [0.25, 0.3) is 0 Å². The quantitative estimate of drug-likeness (QED) is 0.874. The number of halogens is 3. The predicted molar refractivity (Wildman–Crippen MR) is 67.6 cm³/mol. The number of hydrogen-bond donors (Lipinski definition) is 1. The summed E-state index contributed by atoms with van der Waals surface area (Å²) in [4.78, 5) is 0. The van der Waals surface area contributed by atoms with Crippen molar-refractivity contribution in [3.05, 3.63) is 35.4 Å². The van der Waals surface area contributed by atoms with Gasteiger partial charge in [-0.15, -0.1) is 0 Å². The molecule has 0 bridgehead atoms. The second kappa shape index (κ2) is 4.51. The molecule has 1 N–H and O–H groups in total. The zero-order chi connectivity index (χ0) is 13.6. The fraction of sp³-hybridized carbons (Fsp3) is 0.600. The smallest absolute Gasteiger partial charge is 0.313 e. The lowest BCUT2D eigenvalue weighted by atomic mass is 9.89. The largest absolute Gasteiger partial charge is 0.416 e. The number of hydrogen-bond acceptors (Lipinski definition) is 1. The van der Waals surface area contributed by atoms with E-state index < -0.39 is 11.7 Å². The molecule has 0 amide bonds. The van der Waals surface area contributed by atoms with Crippen LogP contribution in [0.3, 0.4) is 0 Å². The van der Waals surface area contributed by atoms with Crippen molar-refractivity contribution < 1.29 is 13.2 Å². The van der Waals surface area contributed by atoms with Gasteiger partial charge in [0.15, 0.2) is 0 Å². The van der Waals surface area contributed by atoms with Crippen molar-refractivity contribution in [3.8, 4) is 0 Å². The van der Waals surface area contributed by atoms with E-state index in [1.165, 1.54) is 31.4 Å². The van der Waals surface area contributed by atoms with Crippen LogP contribution in [0.2, 0.25) is 0 Å². The van der Waals surface area contributed by atoms with E-state index in [0.29, 0.717) is 5.92 Å². The van der Waals surface area contributed by atoms with Crippen LogP contribution < -0.4 is 5.32 Å². The first-order chi connectivity index (χ1) is 8.99. The molecule has 0 radical (unpaired) electrons. The van der Waals surface area contributed by atoms with Crippen LogP contribution in [0.15, 0.2) is 24.3 Å². The Morgan fingerprint density at radius 3 is 2.11 bits per heavy atom. The van der Waals surface area contributed by atoms with E-state index in [4.69, 9.17) is 0 Å². The van der Waals surface area contributed by atoms with Crippen LogP contribution in [-0.4, -0.2) is 7.05 Å². The summed E-state index contributed by atoms with van der Waals surface area (Å²) in [6, 6.07) is 5.81. The maximum atomic E-state index is 12.5. The molecule has 104 valence electrons. The molecule has 0 aliphatic heterocycles. The standard InChI is InChI=1S/C15H18F3N/c1-19-14(12-7-10-6-11(10)8-12)9-2-4-13(5-3-9)15(16,17)18/h2-5,10-12,14,19H,6-8H2,1H3. The fourth-order valence-corrected chi connectivity index (χ4v) is 3.59. The summed E-state index contributed by atoms with van der Waals surface area (Å²) in [5.74, 6) is 2.34. The molecule has 4 heteroatoms. The van der Waals surface area contributed by atoms with Gasteiger partial charge in [-0.25, -0.2) is 0 Å². The molecule has 0 saturated heterocycles. The molecule has 2 aliphatic carbocycles. The maximum absolute atomic E-state index is 12.5. The summed E-state index contributed by atoms with van der Waals surface area (Å²) < 4.78 is 37.6. The zero-order valence-electron chi connectivity index (χ0n) is 10.9. The minimum atomic E-state index is -4.25. The van der Waals surface area contributed by atoms with Crippen molar-refractivity contribution >= 4 is 0 Å². The van der Waals surface area contributed by atoms with Crippen LogP contribution >= 0.6 is 0 Å². The number of nitrogens with one attached hydrogen (secondary N) is 1. The molecular weight excluding hydrogens is 251 g/mol. The van der Waals surface area contributed by atoms with Crippen LogP contribution in [-0.2, 0) is 6.18 Å². The lowest BCUT2D eigenvalue weighted by Crippen LogP contribution is -2.24. The average Bonchev–Trinajstić information content (AvgIpc) is 2.97. The summed E-state index contributed by atoms with van der Waals surface area (Å²) in [6.45, 7) is 0. The van der Waals surface area contributed by atoms with E-state index in [9.17, 15) is 13.2 Å². The Hall–Kier alpha value is -1.03. The monoisotopic (exact) mass is 269 g/mol. The van der Waals surface area contributed by atoms with Crippen LogP contribution in [0.1, 0.15) is 36.4 Å². The van der Waals surface area contributed by atoms with Gasteiger partial charge in [-0.3, -0.25) is 0 Å². The van der Waals surface area contributed by atoms with Crippen molar-refractivity contribution in [1.29, 1.82) is 0 Å². The second-order valence-electron chi connectivity index (χ2n) is 5.87. The lowest BCUT2D eigenvalue weighted by molar-refractivity contribution is -0.137. The Kier molecular flexibility index (Phi) is 3.08. The first-order valence-electron chi connectivity index (χ1n) is 6.83. The SMILES string of the molecule is CNC(c1ccc(C(F)(F)F)cc1)C1CC2CC2C1. The summed E-state index contributed by atoms with van der Waals surface area (Å²) in [7, 11) is 1.90. The molecular formula is C15H18F3N. The molecule has 1 aromatic carbocycles. The lowest BCUT2D eigenvalue weighted by Gasteiger charge is -2.25. The van der Waals surface area contributed by atoms with Gasteiger partial charge in [0.2, 0.25) is 0 Å². The van der Waals surface area contributed by atoms with Gasteiger partial charge in [-0.2, -0.15) is 13.2 Å². The van der Waals surface area contributed by atoms with E-state index >= 15 is 0 Å². The van der Waals surface area contributed by atoms with Crippen LogP contribution in [0.25, 0.3) is 0 Å². The highest BCUT2D eigenvalue weighted by molar-refractivity contribution is 5.27. The van der Waals surface area contributed by atoms with E-state index in [1.807, 2.05) is 7.05 Å². The fourth-order valence-electron chi connectivity index (χ4n) is 3.59. The van der Waals surface area contributed by atoms with Gasteiger partial charge in [0.05, 0.1) is 5.56 Å². The Balaban J connectivity index is 1.76. The third-order valence-electron chi connectivity index (χ3n) is 4.66. The average molecular weight is 269 g/mol. The predicted octanol–water partition coefficient (Wildman–Crippen LogP) is 4.01. The molecule has 2 saturated carbocycles.